The maximum absolute atomic E-state index is 11.2. The van der Waals surface area contributed by atoms with E-state index < -0.39 is 10.0 Å². The average molecular weight is 327 g/mol. The molecule has 0 aromatic heterocycles. The molecule has 0 bridgehead atoms. The Balaban J connectivity index is 2.12. The van der Waals surface area contributed by atoms with Gasteiger partial charge in [0, 0.05) is 22.8 Å². The number of nitrogens with two attached hydrogens (primary N) is 1. The molecule has 0 aliphatic rings. The van der Waals surface area contributed by atoms with Gasteiger partial charge >= 0.3 is 0 Å². The van der Waals surface area contributed by atoms with Gasteiger partial charge in [-0.3, -0.25) is 0 Å². The van der Waals surface area contributed by atoms with Gasteiger partial charge in [-0.1, -0.05) is 11.6 Å². The summed E-state index contributed by atoms with van der Waals surface area (Å²) in [6.45, 7) is 0.498. The first kappa shape index (κ1) is 15.6. The molecule has 0 fully saturated rings. The third-order valence-corrected chi connectivity index (χ3v) is 4.07. The highest BCUT2D eigenvalue weighted by Gasteiger charge is 2.07. The largest absolute Gasteiger partial charge is 0.496 e. The molecule has 2 aromatic carbocycles. The number of ether oxygens (including phenoxy) is 1. The van der Waals surface area contributed by atoms with E-state index in [-0.39, 0.29) is 4.90 Å². The molecule has 0 amide bonds. The summed E-state index contributed by atoms with van der Waals surface area (Å²) in [6.07, 6.45) is 0. The van der Waals surface area contributed by atoms with Crippen molar-refractivity contribution in [3.63, 3.8) is 0 Å². The Bertz CT molecular complexity index is 730. The lowest BCUT2D eigenvalue weighted by Gasteiger charge is -2.11. The van der Waals surface area contributed by atoms with Crippen LogP contribution in [-0.4, -0.2) is 15.5 Å². The number of sulfonamides is 1. The van der Waals surface area contributed by atoms with Crippen molar-refractivity contribution < 1.29 is 13.2 Å². The van der Waals surface area contributed by atoms with Crippen LogP contribution in [0.2, 0.25) is 5.02 Å². The van der Waals surface area contributed by atoms with E-state index in [0.717, 1.165) is 17.0 Å². The van der Waals surface area contributed by atoms with Crippen LogP contribution in [0.15, 0.2) is 47.4 Å². The van der Waals surface area contributed by atoms with Gasteiger partial charge < -0.3 is 10.1 Å². The number of methoxy groups -OCH3 is 1. The molecule has 2 rings (SSSR count). The summed E-state index contributed by atoms with van der Waals surface area (Å²) in [5.41, 5.74) is 1.67. The number of anilines is 1. The molecule has 0 radical (unpaired) electrons. The van der Waals surface area contributed by atoms with Crippen LogP contribution < -0.4 is 15.2 Å². The zero-order valence-corrected chi connectivity index (χ0v) is 12.9. The van der Waals surface area contributed by atoms with Gasteiger partial charge in [0.1, 0.15) is 5.75 Å². The second kappa shape index (κ2) is 6.34. The average Bonchev–Trinajstić information content (AvgIpc) is 2.45. The summed E-state index contributed by atoms with van der Waals surface area (Å²) in [6, 6.07) is 11.6. The molecule has 0 heterocycles. The lowest BCUT2D eigenvalue weighted by atomic mass is 10.2. The van der Waals surface area contributed by atoms with Crippen molar-refractivity contribution in [2.24, 2.45) is 5.14 Å². The van der Waals surface area contributed by atoms with Gasteiger partial charge in [0.05, 0.1) is 12.0 Å². The summed E-state index contributed by atoms with van der Waals surface area (Å²) in [5.74, 6) is 0.730. The van der Waals surface area contributed by atoms with E-state index in [0.29, 0.717) is 11.6 Å². The van der Waals surface area contributed by atoms with Crippen LogP contribution in [0.3, 0.4) is 0 Å². The number of rotatable bonds is 5. The van der Waals surface area contributed by atoms with Crippen molar-refractivity contribution in [3.8, 4) is 5.75 Å². The molecule has 0 atom stereocenters. The minimum absolute atomic E-state index is 0.0772. The lowest BCUT2D eigenvalue weighted by Crippen LogP contribution is -2.12. The minimum Gasteiger partial charge on any atom is -0.496 e. The minimum atomic E-state index is -3.67. The van der Waals surface area contributed by atoms with Gasteiger partial charge in [0.15, 0.2) is 0 Å². The van der Waals surface area contributed by atoms with Crippen LogP contribution in [0.5, 0.6) is 5.75 Å². The predicted molar refractivity (Wildman–Crippen MR) is 83.1 cm³/mol. The Labute approximate surface area is 128 Å². The topological polar surface area (TPSA) is 81.4 Å². The van der Waals surface area contributed by atoms with Gasteiger partial charge in [-0.25, -0.2) is 13.6 Å². The maximum Gasteiger partial charge on any atom is 0.238 e. The number of hydrogen-bond acceptors (Lipinski definition) is 4. The molecule has 0 aliphatic carbocycles. The molecular weight excluding hydrogens is 312 g/mol. The summed E-state index contributed by atoms with van der Waals surface area (Å²) in [7, 11) is -2.08. The molecular formula is C14H15ClN2O3S. The highest BCUT2D eigenvalue weighted by atomic mass is 35.5. The SMILES string of the molecule is COc1ccc(Cl)cc1CNc1ccc(S(N)(=O)=O)cc1. The lowest BCUT2D eigenvalue weighted by molar-refractivity contribution is 0.410. The van der Waals surface area contributed by atoms with Crippen LogP contribution in [0, 0.1) is 0 Å². The Morgan fingerprint density at radius 3 is 2.43 bits per heavy atom. The Hall–Kier alpha value is -1.76. The van der Waals surface area contributed by atoms with Crippen LogP contribution in [0.25, 0.3) is 0 Å². The molecule has 112 valence electrons. The first-order valence-corrected chi connectivity index (χ1v) is 8.02. The highest BCUT2D eigenvalue weighted by Crippen LogP contribution is 2.23. The normalized spacial score (nSPS) is 11.2. The quantitative estimate of drug-likeness (QED) is 0.885. The molecule has 0 saturated heterocycles. The van der Waals surface area contributed by atoms with Crippen molar-refractivity contribution in [2.75, 3.05) is 12.4 Å². The van der Waals surface area contributed by atoms with Gasteiger partial charge in [0.25, 0.3) is 0 Å². The van der Waals surface area contributed by atoms with Crippen LogP contribution in [0.4, 0.5) is 5.69 Å². The molecule has 5 nitrogen and oxygen atoms in total. The standard InChI is InChI=1S/C14H15ClN2O3S/c1-20-14-7-2-11(15)8-10(14)9-17-12-3-5-13(6-4-12)21(16,18)19/h2-8,17H,9H2,1H3,(H2,16,18,19). The zero-order valence-electron chi connectivity index (χ0n) is 11.3. The summed E-state index contributed by atoms with van der Waals surface area (Å²) < 4.78 is 27.6. The smallest absolute Gasteiger partial charge is 0.238 e. The first-order valence-electron chi connectivity index (χ1n) is 6.09. The Morgan fingerprint density at radius 2 is 1.86 bits per heavy atom. The second-order valence-electron chi connectivity index (χ2n) is 4.38. The van der Waals surface area contributed by atoms with Crippen molar-refractivity contribution in [2.45, 2.75) is 11.4 Å². The molecule has 0 unspecified atom stereocenters. The van der Waals surface area contributed by atoms with E-state index in [2.05, 4.69) is 5.32 Å². The van der Waals surface area contributed by atoms with Gasteiger partial charge in [-0.15, -0.1) is 0 Å². The van der Waals surface area contributed by atoms with E-state index >= 15 is 0 Å². The maximum atomic E-state index is 11.2. The molecule has 0 saturated carbocycles. The van der Waals surface area contributed by atoms with E-state index in [9.17, 15) is 8.42 Å². The van der Waals surface area contributed by atoms with Crippen LogP contribution in [-0.2, 0) is 16.6 Å². The molecule has 0 aliphatic heterocycles. The van der Waals surface area contributed by atoms with E-state index in [1.807, 2.05) is 6.07 Å². The number of hydrogen-bond donors (Lipinski definition) is 2. The van der Waals surface area contributed by atoms with Crippen molar-refractivity contribution in [1.29, 1.82) is 0 Å². The van der Waals surface area contributed by atoms with Crippen LogP contribution in [0.1, 0.15) is 5.56 Å². The Morgan fingerprint density at radius 1 is 1.19 bits per heavy atom. The Kier molecular flexibility index (Phi) is 4.72. The van der Waals surface area contributed by atoms with Crippen molar-refractivity contribution >= 4 is 27.3 Å². The number of nitrogens with one attached hydrogen (secondary N) is 1. The van der Waals surface area contributed by atoms with E-state index in [1.165, 1.54) is 12.1 Å². The van der Waals surface area contributed by atoms with Gasteiger partial charge in [0.2, 0.25) is 10.0 Å². The molecule has 21 heavy (non-hydrogen) atoms. The zero-order chi connectivity index (χ0) is 15.5. The summed E-state index contributed by atoms with van der Waals surface area (Å²) in [5, 5.41) is 8.84. The van der Waals surface area contributed by atoms with Gasteiger partial charge in [-0.05, 0) is 42.5 Å². The molecule has 3 N–H and O–H groups in total. The number of halogens is 1. The fraction of sp³-hybridized carbons (Fsp3) is 0.143. The van der Waals surface area contributed by atoms with E-state index in [4.69, 9.17) is 21.5 Å². The molecule has 2 aromatic rings. The van der Waals surface area contributed by atoms with Crippen LogP contribution >= 0.6 is 11.6 Å². The molecule has 7 heteroatoms. The fourth-order valence-electron chi connectivity index (χ4n) is 1.85. The monoisotopic (exact) mass is 326 g/mol. The van der Waals surface area contributed by atoms with Crippen molar-refractivity contribution in [3.05, 3.63) is 53.1 Å². The fourth-order valence-corrected chi connectivity index (χ4v) is 2.56. The number of primary sulfonamides is 1. The second-order valence-corrected chi connectivity index (χ2v) is 6.38. The predicted octanol–water partition coefficient (Wildman–Crippen LogP) is 2.61. The highest BCUT2D eigenvalue weighted by molar-refractivity contribution is 7.89. The van der Waals surface area contributed by atoms with Crippen molar-refractivity contribution in [1.82, 2.24) is 0 Å². The first-order chi connectivity index (χ1) is 9.90. The summed E-state index contributed by atoms with van der Waals surface area (Å²) >= 11 is 5.96. The third-order valence-electron chi connectivity index (χ3n) is 2.91. The van der Waals surface area contributed by atoms with E-state index in [1.54, 1.807) is 31.4 Å². The summed E-state index contributed by atoms with van der Waals surface area (Å²) in [4.78, 5) is 0.0772. The van der Waals surface area contributed by atoms with Gasteiger partial charge in [-0.2, -0.15) is 0 Å². The number of benzene rings is 2. The third kappa shape index (κ3) is 4.10. The molecule has 0 spiro atoms.